The zero-order chi connectivity index (χ0) is 12.4. The highest BCUT2D eigenvalue weighted by molar-refractivity contribution is 5.42. The van der Waals surface area contributed by atoms with Gasteiger partial charge in [0.1, 0.15) is 5.76 Å². The second-order valence-corrected chi connectivity index (χ2v) is 4.56. The zero-order valence-corrected chi connectivity index (χ0v) is 10.7. The van der Waals surface area contributed by atoms with Gasteiger partial charge >= 0.3 is 0 Å². The average molecular weight is 226 g/mol. The maximum absolute atomic E-state index is 5.51. The van der Waals surface area contributed by atoms with Crippen molar-refractivity contribution in [3.05, 3.63) is 71.2 Å². The van der Waals surface area contributed by atoms with Crippen LogP contribution in [0.15, 0.2) is 53.2 Å². The smallest absolute Gasteiger partial charge is 0.103 e. The summed E-state index contributed by atoms with van der Waals surface area (Å²) < 4.78 is 5.51. The maximum Gasteiger partial charge on any atom is 0.103 e. The van der Waals surface area contributed by atoms with Crippen LogP contribution in [0.4, 0.5) is 0 Å². The number of furan rings is 1. The molecule has 0 aliphatic rings. The van der Waals surface area contributed by atoms with E-state index in [1.807, 2.05) is 19.3 Å². The Morgan fingerprint density at radius 3 is 2.29 bits per heavy atom. The molecule has 0 fully saturated rings. The summed E-state index contributed by atoms with van der Waals surface area (Å²) in [5.41, 5.74) is 4.85. The lowest BCUT2D eigenvalue weighted by molar-refractivity contribution is 0.529. The van der Waals surface area contributed by atoms with Crippen molar-refractivity contribution in [2.24, 2.45) is 0 Å². The lowest BCUT2D eigenvalue weighted by Crippen LogP contribution is -2.02. The summed E-state index contributed by atoms with van der Waals surface area (Å²) in [7, 11) is 0. The largest absolute Gasteiger partial charge is 0.469 e. The molecule has 0 spiro atoms. The minimum Gasteiger partial charge on any atom is -0.469 e. The predicted molar refractivity (Wildman–Crippen MR) is 71.3 cm³/mol. The Bertz CT molecular complexity index is 520. The molecule has 0 saturated heterocycles. The van der Waals surface area contributed by atoms with Crippen LogP contribution < -0.4 is 0 Å². The minimum absolute atomic E-state index is 0.230. The Hall–Kier alpha value is -1.76. The van der Waals surface area contributed by atoms with Crippen LogP contribution in [-0.4, -0.2) is 0 Å². The highest BCUT2D eigenvalue weighted by atomic mass is 16.3. The minimum atomic E-state index is 0.230. The van der Waals surface area contributed by atoms with Crippen molar-refractivity contribution < 1.29 is 4.42 Å². The summed E-state index contributed by atoms with van der Waals surface area (Å²) in [5, 5.41) is 0. The Morgan fingerprint density at radius 2 is 1.82 bits per heavy atom. The number of allylic oxidation sites excluding steroid dienone is 1. The van der Waals surface area contributed by atoms with E-state index in [2.05, 4.69) is 44.7 Å². The van der Waals surface area contributed by atoms with E-state index in [1.165, 1.54) is 16.7 Å². The third kappa shape index (κ3) is 2.19. The number of hydrogen-bond donors (Lipinski definition) is 0. The number of aryl methyl sites for hydroxylation is 1. The highest BCUT2D eigenvalue weighted by Gasteiger charge is 2.19. The second kappa shape index (κ2) is 4.62. The molecule has 2 aromatic rings. The van der Waals surface area contributed by atoms with Gasteiger partial charge in [-0.25, -0.2) is 0 Å². The fourth-order valence-electron chi connectivity index (χ4n) is 2.19. The molecule has 0 radical (unpaired) electrons. The summed E-state index contributed by atoms with van der Waals surface area (Å²) in [5.74, 6) is 1.22. The van der Waals surface area contributed by atoms with E-state index in [4.69, 9.17) is 4.42 Å². The molecule has 1 unspecified atom stereocenters. The van der Waals surface area contributed by atoms with Crippen molar-refractivity contribution in [2.45, 2.75) is 26.7 Å². The monoisotopic (exact) mass is 226 g/mol. The third-order valence-electron chi connectivity index (χ3n) is 3.26. The fourth-order valence-corrected chi connectivity index (χ4v) is 2.19. The van der Waals surface area contributed by atoms with Crippen LogP contribution in [0.1, 0.15) is 35.3 Å². The van der Waals surface area contributed by atoms with Crippen LogP contribution in [0.2, 0.25) is 0 Å². The van der Waals surface area contributed by atoms with E-state index in [0.717, 1.165) is 11.3 Å². The molecular weight excluding hydrogens is 208 g/mol. The van der Waals surface area contributed by atoms with Crippen LogP contribution >= 0.6 is 0 Å². The summed E-state index contributed by atoms with van der Waals surface area (Å²) in [6.45, 7) is 10.3. The molecule has 17 heavy (non-hydrogen) atoms. The van der Waals surface area contributed by atoms with E-state index >= 15 is 0 Å². The van der Waals surface area contributed by atoms with Gasteiger partial charge in [-0.05, 0) is 31.9 Å². The molecule has 0 aliphatic carbocycles. The number of hydrogen-bond acceptors (Lipinski definition) is 1. The third-order valence-corrected chi connectivity index (χ3v) is 3.26. The van der Waals surface area contributed by atoms with Crippen molar-refractivity contribution in [3.8, 4) is 0 Å². The van der Waals surface area contributed by atoms with E-state index in [0.29, 0.717) is 0 Å². The van der Waals surface area contributed by atoms with Crippen LogP contribution in [0.25, 0.3) is 0 Å². The summed E-state index contributed by atoms with van der Waals surface area (Å²) >= 11 is 0. The van der Waals surface area contributed by atoms with Gasteiger partial charge in [0.15, 0.2) is 0 Å². The molecule has 1 aromatic carbocycles. The Labute approximate surface area is 103 Å². The summed E-state index contributed by atoms with van der Waals surface area (Å²) in [6.07, 6.45) is 1.86. The number of benzene rings is 1. The Kier molecular flexibility index (Phi) is 3.19. The molecule has 1 nitrogen and oxygen atoms in total. The van der Waals surface area contributed by atoms with Gasteiger partial charge in [-0.3, -0.25) is 0 Å². The van der Waals surface area contributed by atoms with Crippen molar-refractivity contribution >= 4 is 0 Å². The zero-order valence-electron chi connectivity index (χ0n) is 10.7. The molecule has 0 N–H and O–H groups in total. The molecule has 88 valence electrons. The normalized spacial score (nSPS) is 12.4. The topological polar surface area (TPSA) is 13.1 Å². The van der Waals surface area contributed by atoms with Crippen LogP contribution in [0, 0.1) is 13.8 Å². The van der Waals surface area contributed by atoms with Crippen molar-refractivity contribution in [3.63, 3.8) is 0 Å². The van der Waals surface area contributed by atoms with Crippen molar-refractivity contribution in [1.82, 2.24) is 0 Å². The van der Waals surface area contributed by atoms with Gasteiger partial charge in [-0.1, -0.05) is 42.5 Å². The first kappa shape index (κ1) is 11.7. The molecular formula is C16H18O. The summed E-state index contributed by atoms with van der Waals surface area (Å²) in [6, 6.07) is 10.4. The SMILES string of the molecule is C=C(C)C(c1ccccc1)c1coc(C)c1C. The van der Waals surface area contributed by atoms with E-state index in [9.17, 15) is 0 Å². The second-order valence-electron chi connectivity index (χ2n) is 4.56. The molecule has 1 heteroatoms. The molecule has 0 saturated carbocycles. The van der Waals surface area contributed by atoms with E-state index in [1.54, 1.807) is 0 Å². The standard InChI is InChI=1S/C16H18O/c1-11(2)16(14-8-6-5-7-9-14)15-10-17-13(4)12(15)3/h5-10,16H,1H2,2-4H3. The molecule has 2 rings (SSSR count). The average Bonchev–Trinajstić information content (AvgIpc) is 2.63. The van der Waals surface area contributed by atoms with E-state index < -0.39 is 0 Å². The first-order chi connectivity index (χ1) is 8.11. The molecule has 1 atom stereocenters. The lowest BCUT2D eigenvalue weighted by Gasteiger charge is -2.17. The van der Waals surface area contributed by atoms with E-state index in [-0.39, 0.29) is 5.92 Å². The van der Waals surface area contributed by atoms with Gasteiger partial charge in [-0.2, -0.15) is 0 Å². The van der Waals surface area contributed by atoms with Gasteiger partial charge in [0.05, 0.1) is 6.26 Å². The van der Waals surface area contributed by atoms with Gasteiger partial charge in [0.2, 0.25) is 0 Å². The summed E-state index contributed by atoms with van der Waals surface area (Å²) in [4.78, 5) is 0. The molecule has 1 heterocycles. The Morgan fingerprint density at radius 1 is 1.18 bits per heavy atom. The van der Waals surface area contributed by atoms with Crippen LogP contribution in [-0.2, 0) is 0 Å². The van der Waals surface area contributed by atoms with Crippen molar-refractivity contribution in [1.29, 1.82) is 0 Å². The predicted octanol–water partition coefficient (Wildman–Crippen LogP) is 4.60. The van der Waals surface area contributed by atoms with Gasteiger partial charge in [-0.15, -0.1) is 0 Å². The quantitative estimate of drug-likeness (QED) is 0.697. The first-order valence-corrected chi connectivity index (χ1v) is 5.86. The van der Waals surface area contributed by atoms with Crippen LogP contribution in [0.3, 0.4) is 0 Å². The van der Waals surface area contributed by atoms with Gasteiger partial charge in [0, 0.05) is 11.5 Å². The first-order valence-electron chi connectivity index (χ1n) is 5.86. The maximum atomic E-state index is 5.51. The number of rotatable bonds is 3. The molecule has 0 bridgehead atoms. The van der Waals surface area contributed by atoms with Crippen LogP contribution in [0.5, 0.6) is 0 Å². The van der Waals surface area contributed by atoms with Gasteiger partial charge in [0.25, 0.3) is 0 Å². The molecule has 1 aromatic heterocycles. The molecule has 0 aliphatic heterocycles. The lowest BCUT2D eigenvalue weighted by atomic mass is 9.86. The highest BCUT2D eigenvalue weighted by Crippen LogP contribution is 2.34. The fraction of sp³-hybridized carbons (Fsp3) is 0.250. The molecule has 0 amide bonds. The van der Waals surface area contributed by atoms with Gasteiger partial charge < -0.3 is 4.42 Å². The Balaban J connectivity index is 2.51. The van der Waals surface area contributed by atoms with Crippen molar-refractivity contribution in [2.75, 3.05) is 0 Å².